The third-order valence-electron chi connectivity index (χ3n) is 6.39. The molecule has 0 radical (unpaired) electrons. The molecule has 1 N–H and O–H groups in total. The fraction of sp³-hybridized carbons (Fsp3) is 0.500. The predicted octanol–water partition coefficient (Wildman–Crippen LogP) is 5.45. The van der Waals surface area contributed by atoms with Crippen molar-refractivity contribution in [2.45, 2.75) is 69.5 Å². The normalized spacial score (nSPS) is 17.5. The first-order chi connectivity index (χ1) is 16.2. The van der Waals surface area contributed by atoms with Crippen molar-refractivity contribution >= 4 is 33.5 Å². The van der Waals surface area contributed by atoms with E-state index in [0.717, 1.165) is 18.9 Å². The van der Waals surface area contributed by atoms with Crippen molar-refractivity contribution in [1.29, 1.82) is 0 Å². The number of halogens is 4. The average molecular weight is 529 g/mol. The van der Waals surface area contributed by atoms with E-state index in [9.17, 15) is 22.2 Å². The van der Waals surface area contributed by atoms with E-state index in [1.807, 2.05) is 6.92 Å². The second-order valence-electron chi connectivity index (χ2n) is 9.93. The van der Waals surface area contributed by atoms with Crippen LogP contribution in [0.5, 0.6) is 0 Å². The van der Waals surface area contributed by atoms with Crippen molar-refractivity contribution in [3.05, 3.63) is 62.7 Å². The first-order valence-electron chi connectivity index (χ1n) is 11.4. The summed E-state index contributed by atoms with van der Waals surface area (Å²) in [6.07, 6.45) is -0.717. The molecule has 6 nitrogen and oxygen atoms in total. The smallest absolute Gasteiger partial charge is 0.311 e. The van der Waals surface area contributed by atoms with Crippen molar-refractivity contribution in [3.8, 4) is 0 Å². The molecule has 3 aromatic rings. The number of fused-ring (bicyclic) bond motifs is 1. The zero-order valence-electron chi connectivity index (χ0n) is 20.2. The van der Waals surface area contributed by atoms with E-state index in [-0.39, 0.29) is 17.1 Å². The van der Waals surface area contributed by atoms with Gasteiger partial charge < -0.3 is 4.57 Å². The third-order valence-corrected chi connectivity index (χ3v) is 8.35. The fourth-order valence-electron chi connectivity index (χ4n) is 4.36. The van der Waals surface area contributed by atoms with Crippen LogP contribution >= 0.6 is 11.6 Å². The maximum atomic E-state index is 13.4. The van der Waals surface area contributed by atoms with Crippen LogP contribution in [-0.4, -0.2) is 23.3 Å². The van der Waals surface area contributed by atoms with Gasteiger partial charge in [0, 0.05) is 24.7 Å². The number of hydrogen-bond acceptors (Lipinski definition) is 3. The quantitative estimate of drug-likeness (QED) is 0.463. The lowest BCUT2D eigenvalue weighted by molar-refractivity contribution is -0.137. The molecule has 11 heteroatoms. The van der Waals surface area contributed by atoms with Crippen LogP contribution in [0.3, 0.4) is 0 Å². The number of aryl methyl sites for hydroxylation is 1. The van der Waals surface area contributed by atoms with Gasteiger partial charge in [0.15, 0.2) is 5.52 Å². The van der Waals surface area contributed by atoms with Crippen molar-refractivity contribution in [2.24, 2.45) is 7.05 Å². The number of rotatable bonds is 6. The van der Waals surface area contributed by atoms with E-state index >= 15 is 0 Å². The molecule has 1 fully saturated rings. The number of aromatic nitrogens is 3. The Kier molecular flexibility index (Phi) is 6.47. The van der Waals surface area contributed by atoms with Gasteiger partial charge in [0.2, 0.25) is 0 Å². The van der Waals surface area contributed by atoms with E-state index in [1.165, 1.54) is 12.1 Å². The molecule has 1 aliphatic carbocycles. The molecule has 2 unspecified atom stereocenters. The molecule has 2 heterocycles. The van der Waals surface area contributed by atoms with Crippen molar-refractivity contribution in [3.63, 3.8) is 0 Å². The Bertz CT molecular complexity index is 1370. The van der Waals surface area contributed by atoms with E-state index in [1.54, 1.807) is 49.3 Å². The summed E-state index contributed by atoms with van der Waals surface area (Å²) in [5.41, 5.74) is -1.23. The van der Waals surface area contributed by atoms with Crippen molar-refractivity contribution in [1.82, 2.24) is 19.1 Å². The summed E-state index contributed by atoms with van der Waals surface area (Å²) in [6.45, 7) is 7.23. The highest BCUT2D eigenvalue weighted by Gasteiger charge is 2.43. The van der Waals surface area contributed by atoms with Crippen LogP contribution < -0.4 is 10.3 Å². The molecule has 1 aliphatic rings. The summed E-state index contributed by atoms with van der Waals surface area (Å²) in [4.78, 5) is 13.2. The van der Waals surface area contributed by atoms with Gasteiger partial charge in [-0.2, -0.15) is 18.3 Å². The molecule has 4 rings (SSSR count). The number of nitrogens with zero attached hydrogens (tertiary/aromatic N) is 3. The monoisotopic (exact) mass is 528 g/mol. The summed E-state index contributed by atoms with van der Waals surface area (Å²) in [7, 11) is 0.0559. The van der Waals surface area contributed by atoms with Gasteiger partial charge in [-0.25, -0.2) is 8.93 Å². The van der Waals surface area contributed by atoms with Gasteiger partial charge in [-0.15, -0.1) is 0 Å². The fourth-order valence-corrected chi connectivity index (χ4v) is 5.63. The molecule has 2 aromatic heterocycles. The molecule has 0 bridgehead atoms. The lowest BCUT2D eigenvalue weighted by Crippen LogP contribution is -2.49. The topological polar surface area (TPSA) is 68.9 Å². The number of hydrogen-bond donors (Lipinski definition) is 1. The van der Waals surface area contributed by atoms with Gasteiger partial charge in [-0.3, -0.25) is 9.48 Å². The number of benzene rings is 1. The highest BCUT2D eigenvalue weighted by atomic mass is 35.5. The Hall–Kier alpha value is -2.17. The number of pyridine rings is 1. The largest absolute Gasteiger partial charge is 0.417 e. The third kappa shape index (κ3) is 4.56. The average Bonchev–Trinajstić information content (AvgIpc) is 3.53. The van der Waals surface area contributed by atoms with Crippen LogP contribution in [0.2, 0.25) is 5.02 Å². The van der Waals surface area contributed by atoms with Crippen LogP contribution in [0.25, 0.3) is 10.9 Å². The zero-order valence-corrected chi connectivity index (χ0v) is 21.7. The Morgan fingerprint density at radius 3 is 2.37 bits per heavy atom. The van der Waals surface area contributed by atoms with Gasteiger partial charge in [0.05, 0.1) is 37.6 Å². The number of nitrogens with one attached hydrogen (secondary N) is 1. The summed E-state index contributed by atoms with van der Waals surface area (Å²) in [5, 5.41) is 4.59. The Morgan fingerprint density at radius 2 is 1.86 bits per heavy atom. The first-order valence-corrected chi connectivity index (χ1v) is 12.9. The van der Waals surface area contributed by atoms with Crippen LogP contribution in [0.15, 0.2) is 35.3 Å². The highest BCUT2D eigenvalue weighted by Crippen LogP contribution is 2.42. The molecule has 0 saturated heterocycles. The molecule has 0 spiro atoms. The molecule has 190 valence electrons. The lowest BCUT2D eigenvalue weighted by atomic mass is 9.83. The molecular formula is C24H28ClF3N4O2S. The zero-order chi connectivity index (χ0) is 25.9. The van der Waals surface area contributed by atoms with Gasteiger partial charge in [-0.05, 0) is 63.8 Å². The minimum Gasteiger partial charge on any atom is -0.311 e. The first kappa shape index (κ1) is 25.9. The summed E-state index contributed by atoms with van der Waals surface area (Å²) in [5.74, 6) is 0. The molecule has 1 aromatic carbocycles. The summed E-state index contributed by atoms with van der Waals surface area (Å²) >= 11 is 6.11. The molecular weight excluding hydrogens is 501 g/mol. The van der Waals surface area contributed by atoms with Gasteiger partial charge in [-0.1, -0.05) is 24.6 Å². The summed E-state index contributed by atoms with van der Waals surface area (Å²) in [6, 6.07) is 5.49. The predicted molar refractivity (Wildman–Crippen MR) is 132 cm³/mol. The standard InChI is InChI=1S/C24H28ClF3N4O2S/c1-6-23(30-35(34)22(2,3)4,14-7-10-17(18(25)13-14)24(26,27)28)20-16-11-12-32(15-8-9-15)21(33)19(16)29-31(20)5/h7,10-13,15,30H,6,8-9H2,1-5H3. The van der Waals surface area contributed by atoms with Crippen molar-refractivity contribution in [2.75, 3.05) is 0 Å². The molecule has 0 amide bonds. The van der Waals surface area contributed by atoms with E-state index < -0.39 is 38.0 Å². The van der Waals surface area contributed by atoms with Crippen molar-refractivity contribution < 1.29 is 17.4 Å². The van der Waals surface area contributed by atoms with E-state index in [2.05, 4.69) is 9.82 Å². The Morgan fingerprint density at radius 1 is 1.20 bits per heavy atom. The van der Waals surface area contributed by atoms with Crippen LogP contribution in [0.4, 0.5) is 13.2 Å². The van der Waals surface area contributed by atoms with E-state index in [0.29, 0.717) is 23.1 Å². The maximum Gasteiger partial charge on any atom is 0.417 e. The minimum atomic E-state index is -4.61. The van der Waals surface area contributed by atoms with Gasteiger partial charge >= 0.3 is 6.18 Å². The second kappa shape index (κ2) is 8.74. The molecule has 1 saturated carbocycles. The Balaban J connectivity index is 2.00. The van der Waals surface area contributed by atoms with Gasteiger partial charge in [0.1, 0.15) is 0 Å². The lowest BCUT2D eigenvalue weighted by Gasteiger charge is -2.37. The molecule has 0 aliphatic heterocycles. The Labute approximate surface area is 209 Å². The maximum absolute atomic E-state index is 13.4. The van der Waals surface area contributed by atoms with Crippen LogP contribution in [-0.2, 0) is 29.7 Å². The van der Waals surface area contributed by atoms with E-state index in [4.69, 9.17) is 11.6 Å². The highest BCUT2D eigenvalue weighted by molar-refractivity contribution is 7.84. The summed E-state index contributed by atoms with van der Waals surface area (Å²) < 4.78 is 59.4. The second-order valence-corrected chi connectivity index (χ2v) is 12.3. The SMILES string of the molecule is CCC(NS(=O)C(C)(C)C)(c1ccc(C(F)(F)F)c(Cl)c1)c1c2ccn(C3CC3)c(=O)c2nn1C. The van der Waals surface area contributed by atoms with Crippen LogP contribution in [0.1, 0.15) is 69.8 Å². The van der Waals surface area contributed by atoms with Gasteiger partial charge in [0.25, 0.3) is 5.56 Å². The molecule has 35 heavy (non-hydrogen) atoms. The number of alkyl halides is 3. The molecule has 2 atom stereocenters. The minimum absolute atomic E-state index is 0.161. The van der Waals surface area contributed by atoms with Crippen LogP contribution in [0, 0.1) is 0 Å².